The topological polar surface area (TPSA) is 75.3 Å². The third kappa shape index (κ3) is 5.06. The monoisotopic (exact) mass is 454 g/mol. The lowest BCUT2D eigenvalue weighted by Crippen LogP contribution is -2.43. The van der Waals surface area contributed by atoms with E-state index < -0.39 is 10.0 Å². The number of rotatable bonds is 8. The number of hydrogen-bond acceptors (Lipinski definition) is 4. The van der Waals surface area contributed by atoms with E-state index in [1.54, 1.807) is 35.6 Å². The van der Waals surface area contributed by atoms with Crippen LogP contribution in [-0.4, -0.2) is 27.4 Å². The first kappa shape index (κ1) is 21.7. The fourth-order valence-electron chi connectivity index (χ4n) is 4.17. The number of hydrogen-bond donors (Lipinski definition) is 2. The zero-order valence-electron chi connectivity index (χ0n) is 17.2. The highest BCUT2D eigenvalue weighted by Gasteiger charge is 2.36. The Morgan fingerprint density at radius 2 is 1.58 bits per heavy atom. The number of thiophene rings is 1. The van der Waals surface area contributed by atoms with E-state index in [4.69, 9.17) is 0 Å². The van der Waals surface area contributed by atoms with Gasteiger partial charge in [0.2, 0.25) is 15.9 Å². The Labute approximate surface area is 187 Å². The maximum atomic E-state index is 12.6. The molecule has 1 aliphatic carbocycles. The largest absolute Gasteiger partial charge is 0.354 e. The predicted molar refractivity (Wildman–Crippen MR) is 125 cm³/mol. The van der Waals surface area contributed by atoms with Crippen LogP contribution in [0.15, 0.2) is 77.0 Å². The van der Waals surface area contributed by atoms with Crippen molar-refractivity contribution in [3.05, 3.63) is 77.0 Å². The van der Waals surface area contributed by atoms with Crippen molar-refractivity contribution in [3.63, 3.8) is 0 Å². The molecule has 0 unspecified atom stereocenters. The van der Waals surface area contributed by atoms with Crippen LogP contribution in [-0.2, 0) is 20.2 Å². The summed E-state index contributed by atoms with van der Waals surface area (Å²) in [6.45, 7) is 0.267. The van der Waals surface area contributed by atoms with E-state index in [9.17, 15) is 13.2 Å². The minimum absolute atomic E-state index is 0.0179. The van der Waals surface area contributed by atoms with Crippen LogP contribution in [0, 0.1) is 0 Å². The lowest BCUT2D eigenvalue weighted by atomic mass is 9.84. The molecule has 2 aromatic carbocycles. The Hall–Kier alpha value is -2.48. The van der Waals surface area contributed by atoms with Crippen LogP contribution < -0.4 is 10.0 Å². The van der Waals surface area contributed by atoms with Crippen LogP contribution in [0.4, 0.5) is 0 Å². The van der Waals surface area contributed by atoms with Crippen LogP contribution in [0.3, 0.4) is 0 Å². The van der Waals surface area contributed by atoms with Crippen LogP contribution in [0.25, 0.3) is 11.1 Å². The first-order valence-corrected chi connectivity index (χ1v) is 12.8. The molecule has 31 heavy (non-hydrogen) atoms. The molecular weight excluding hydrogens is 428 g/mol. The molecule has 0 bridgehead atoms. The van der Waals surface area contributed by atoms with Crippen LogP contribution in [0.1, 0.15) is 30.6 Å². The van der Waals surface area contributed by atoms with Gasteiger partial charge < -0.3 is 5.32 Å². The second-order valence-corrected chi connectivity index (χ2v) is 10.7. The molecular formula is C24H26N2O3S2. The SMILES string of the molecule is O=C(CNS(=O)(=O)c1ccc(-c2ccccc2)cc1)NCC1(c2cccs2)CCCC1. The lowest BCUT2D eigenvalue weighted by molar-refractivity contribution is -0.120. The maximum Gasteiger partial charge on any atom is 0.241 e. The first-order valence-electron chi connectivity index (χ1n) is 10.4. The van der Waals surface area contributed by atoms with Gasteiger partial charge in [-0.25, -0.2) is 13.1 Å². The van der Waals surface area contributed by atoms with Gasteiger partial charge in [-0.15, -0.1) is 11.3 Å². The van der Waals surface area contributed by atoms with Gasteiger partial charge in [0, 0.05) is 16.8 Å². The Bertz CT molecular complexity index is 1100. The summed E-state index contributed by atoms with van der Waals surface area (Å²) < 4.78 is 27.6. The van der Waals surface area contributed by atoms with Crippen molar-refractivity contribution in [2.75, 3.05) is 13.1 Å². The van der Waals surface area contributed by atoms with E-state index in [-0.39, 0.29) is 22.8 Å². The Kier molecular flexibility index (Phi) is 6.55. The van der Waals surface area contributed by atoms with E-state index in [2.05, 4.69) is 21.5 Å². The zero-order valence-corrected chi connectivity index (χ0v) is 18.8. The molecule has 162 valence electrons. The van der Waals surface area contributed by atoms with Crippen molar-refractivity contribution < 1.29 is 13.2 Å². The van der Waals surface area contributed by atoms with E-state index in [0.717, 1.165) is 36.8 Å². The highest BCUT2D eigenvalue weighted by Crippen LogP contribution is 2.42. The summed E-state index contributed by atoms with van der Waals surface area (Å²) in [5.41, 5.74) is 1.94. The smallest absolute Gasteiger partial charge is 0.241 e. The molecule has 0 radical (unpaired) electrons. The molecule has 1 saturated carbocycles. The number of nitrogens with one attached hydrogen (secondary N) is 2. The molecule has 4 rings (SSSR count). The number of sulfonamides is 1. The third-order valence-corrected chi connectivity index (χ3v) is 8.46. The minimum atomic E-state index is -3.76. The average Bonchev–Trinajstić information content (AvgIpc) is 3.50. The molecule has 0 spiro atoms. The Morgan fingerprint density at radius 3 is 2.23 bits per heavy atom. The normalized spacial score (nSPS) is 15.6. The summed E-state index contributed by atoms with van der Waals surface area (Å²) in [5, 5.41) is 5.01. The molecule has 1 aliphatic rings. The van der Waals surface area contributed by atoms with Gasteiger partial charge in [-0.1, -0.05) is 61.4 Å². The highest BCUT2D eigenvalue weighted by molar-refractivity contribution is 7.89. The molecule has 2 N–H and O–H groups in total. The van der Waals surface area contributed by atoms with E-state index in [1.807, 2.05) is 36.4 Å². The summed E-state index contributed by atoms with van der Waals surface area (Å²) in [6, 6.07) is 20.6. The van der Waals surface area contributed by atoms with Gasteiger partial charge in [-0.3, -0.25) is 4.79 Å². The summed E-state index contributed by atoms with van der Waals surface area (Å²) in [4.78, 5) is 13.8. The molecule has 0 aliphatic heterocycles. The zero-order chi connectivity index (χ0) is 21.7. The summed E-state index contributed by atoms with van der Waals surface area (Å²) in [7, 11) is -3.76. The second kappa shape index (κ2) is 9.34. The Balaban J connectivity index is 1.34. The molecule has 1 amide bonds. The van der Waals surface area contributed by atoms with Crippen molar-refractivity contribution in [2.45, 2.75) is 36.0 Å². The maximum absolute atomic E-state index is 12.6. The van der Waals surface area contributed by atoms with Gasteiger partial charge in [0.25, 0.3) is 0 Å². The van der Waals surface area contributed by atoms with E-state index >= 15 is 0 Å². The van der Waals surface area contributed by atoms with Crippen molar-refractivity contribution in [2.24, 2.45) is 0 Å². The van der Waals surface area contributed by atoms with Crippen molar-refractivity contribution in [3.8, 4) is 11.1 Å². The minimum Gasteiger partial charge on any atom is -0.354 e. The van der Waals surface area contributed by atoms with Gasteiger partial charge in [0.1, 0.15) is 0 Å². The molecule has 3 aromatic rings. The van der Waals surface area contributed by atoms with Crippen molar-refractivity contribution in [1.29, 1.82) is 0 Å². The van der Waals surface area contributed by atoms with Crippen LogP contribution in [0.5, 0.6) is 0 Å². The van der Waals surface area contributed by atoms with Crippen molar-refractivity contribution in [1.82, 2.24) is 10.0 Å². The standard InChI is InChI=1S/C24H26N2O3S2/c27-23(25-18-24(14-4-5-15-24)22-9-6-16-30-22)17-26-31(28,29)21-12-10-20(11-13-21)19-7-2-1-3-8-19/h1-3,6-13,16,26H,4-5,14-15,17-18H2,(H,25,27). The van der Waals surface area contributed by atoms with Crippen molar-refractivity contribution >= 4 is 27.3 Å². The molecule has 0 saturated heterocycles. The fraction of sp³-hybridized carbons (Fsp3) is 0.292. The lowest BCUT2D eigenvalue weighted by Gasteiger charge is -2.28. The number of carbonyl (C=O) groups excluding carboxylic acids is 1. The first-order chi connectivity index (χ1) is 15.0. The van der Waals surface area contributed by atoms with Gasteiger partial charge in [0.15, 0.2) is 0 Å². The highest BCUT2D eigenvalue weighted by atomic mass is 32.2. The van der Waals surface area contributed by atoms with Gasteiger partial charge >= 0.3 is 0 Å². The summed E-state index contributed by atoms with van der Waals surface area (Å²) >= 11 is 1.72. The molecule has 7 heteroatoms. The molecule has 1 heterocycles. The molecule has 1 fully saturated rings. The van der Waals surface area contributed by atoms with Gasteiger partial charge in [-0.05, 0) is 47.5 Å². The fourth-order valence-corrected chi connectivity index (χ4v) is 6.14. The van der Waals surface area contributed by atoms with E-state index in [0.29, 0.717) is 6.54 Å². The average molecular weight is 455 g/mol. The number of amides is 1. The number of benzene rings is 2. The molecule has 1 aromatic heterocycles. The molecule has 5 nitrogen and oxygen atoms in total. The van der Waals surface area contributed by atoms with Crippen LogP contribution >= 0.6 is 11.3 Å². The Morgan fingerprint density at radius 1 is 0.903 bits per heavy atom. The predicted octanol–water partition coefficient (Wildman–Crippen LogP) is 4.32. The van der Waals surface area contributed by atoms with Gasteiger partial charge in [-0.2, -0.15) is 0 Å². The van der Waals surface area contributed by atoms with E-state index in [1.165, 1.54) is 4.88 Å². The quantitative estimate of drug-likeness (QED) is 0.532. The number of carbonyl (C=O) groups is 1. The third-order valence-electron chi connectivity index (χ3n) is 5.92. The van der Waals surface area contributed by atoms with Gasteiger partial charge in [0.05, 0.1) is 11.4 Å². The summed E-state index contributed by atoms with van der Waals surface area (Å²) in [6.07, 6.45) is 4.40. The van der Waals surface area contributed by atoms with Crippen LogP contribution in [0.2, 0.25) is 0 Å². The second-order valence-electron chi connectivity index (χ2n) is 7.96. The molecule has 0 atom stereocenters. The summed E-state index contributed by atoms with van der Waals surface area (Å²) in [5.74, 6) is -0.313.